The van der Waals surface area contributed by atoms with E-state index in [1.807, 2.05) is 42.0 Å². The first-order chi connectivity index (χ1) is 16.6. The van der Waals surface area contributed by atoms with Crippen molar-refractivity contribution < 1.29 is 5.11 Å². The average Bonchev–Trinajstić information content (AvgIpc) is 3.39. The van der Waals surface area contributed by atoms with E-state index < -0.39 is 0 Å². The van der Waals surface area contributed by atoms with Crippen molar-refractivity contribution in [3.05, 3.63) is 86.7 Å². The lowest BCUT2D eigenvalue weighted by molar-refractivity contribution is 0.415. The largest absolute Gasteiger partial charge is 0.482 e. The standard InChI is InChI=1S/C27H26N4OS2/c1-4-29-18-10-9-13-23(29)28-27-31(6-3)26(32)22(33-27)16-17-24-30(5-2)21-15-14-19-11-7-8-12-20(19)25(21)34-24/h7-16,18H,4-6H2,1-3H3/p+1. The predicted molar refractivity (Wildman–Crippen MR) is 142 cm³/mol. The van der Waals surface area contributed by atoms with Crippen molar-refractivity contribution in [3.63, 3.8) is 0 Å². The Balaban J connectivity index is 1.64. The minimum Gasteiger partial charge on any atom is -0.482 e. The summed E-state index contributed by atoms with van der Waals surface area (Å²) in [6.45, 7) is 8.59. The Hall–Kier alpha value is -3.34. The van der Waals surface area contributed by atoms with Crippen LogP contribution >= 0.6 is 23.1 Å². The van der Waals surface area contributed by atoms with E-state index in [9.17, 15) is 5.11 Å². The molecule has 7 heteroatoms. The van der Waals surface area contributed by atoms with Gasteiger partial charge in [-0.05, 0) is 55.0 Å². The first kappa shape index (κ1) is 22.5. The topological polar surface area (TPSA) is 47.4 Å². The third-order valence-corrected chi connectivity index (χ3v) is 8.11. The molecule has 1 aliphatic rings. The average molecular weight is 488 g/mol. The molecule has 5 rings (SSSR count). The maximum Gasteiger partial charge on any atom is 0.378 e. The van der Waals surface area contributed by atoms with Crippen LogP contribution in [0.5, 0.6) is 5.88 Å². The van der Waals surface area contributed by atoms with Crippen LogP contribution in [0.4, 0.5) is 5.69 Å². The maximum absolute atomic E-state index is 10.9. The molecule has 0 radical (unpaired) electrons. The highest BCUT2D eigenvalue weighted by atomic mass is 32.2. The normalized spacial score (nSPS) is 12.6. The summed E-state index contributed by atoms with van der Waals surface area (Å²) in [5, 5.41) is 14.5. The van der Waals surface area contributed by atoms with Gasteiger partial charge in [0.2, 0.25) is 0 Å². The van der Waals surface area contributed by atoms with Gasteiger partial charge in [-0.2, -0.15) is 0 Å². The SMILES string of the molecule is CCN1C(=C=Cc2sc(=[N+]=c3ccccn3CC)n(CC)c2O)Sc2c1ccc1ccccc21. The molecule has 0 atom stereocenters. The van der Waals surface area contributed by atoms with E-state index in [1.54, 1.807) is 11.8 Å². The van der Waals surface area contributed by atoms with Crippen molar-refractivity contribution >= 4 is 45.6 Å². The van der Waals surface area contributed by atoms with E-state index in [1.165, 1.54) is 32.7 Å². The van der Waals surface area contributed by atoms with Crippen LogP contribution in [0.15, 0.2) is 76.4 Å². The number of rotatable bonds is 4. The molecule has 2 aromatic carbocycles. The Morgan fingerprint density at radius 2 is 1.79 bits per heavy atom. The lowest BCUT2D eigenvalue weighted by Gasteiger charge is -2.16. The first-order valence-electron chi connectivity index (χ1n) is 11.5. The summed E-state index contributed by atoms with van der Waals surface area (Å²) in [6.07, 6.45) is 3.91. The van der Waals surface area contributed by atoms with E-state index >= 15 is 0 Å². The van der Waals surface area contributed by atoms with Crippen LogP contribution in [0, 0.1) is 0 Å². The molecule has 0 aliphatic carbocycles. The second kappa shape index (κ2) is 9.49. The van der Waals surface area contributed by atoms with Gasteiger partial charge < -0.3 is 10.0 Å². The molecule has 172 valence electrons. The molecular weight excluding hydrogens is 460 g/mol. The molecular formula is C27H27N4OS2+. The number of aromatic nitrogens is 2. The smallest absolute Gasteiger partial charge is 0.378 e. The molecule has 0 saturated carbocycles. The number of thioether (sulfide) groups is 1. The maximum atomic E-state index is 10.9. The van der Waals surface area contributed by atoms with Crippen LogP contribution in [-0.2, 0) is 13.1 Å². The van der Waals surface area contributed by atoms with Crippen molar-refractivity contribution in [2.75, 3.05) is 11.4 Å². The van der Waals surface area contributed by atoms with E-state index in [4.69, 9.17) is 4.67 Å². The lowest BCUT2D eigenvalue weighted by Crippen LogP contribution is -2.27. The molecule has 34 heavy (non-hydrogen) atoms. The second-order valence-corrected chi connectivity index (χ2v) is 9.86. The van der Waals surface area contributed by atoms with Gasteiger partial charge in [0, 0.05) is 23.6 Å². The highest BCUT2D eigenvalue weighted by Gasteiger charge is 2.25. The fourth-order valence-corrected chi connectivity index (χ4v) is 6.39. The lowest BCUT2D eigenvalue weighted by atomic mass is 10.1. The van der Waals surface area contributed by atoms with E-state index in [-0.39, 0.29) is 5.88 Å². The van der Waals surface area contributed by atoms with Crippen molar-refractivity contribution in [3.8, 4) is 5.88 Å². The van der Waals surface area contributed by atoms with Gasteiger partial charge in [-0.3, -0.25) is 4.57 Å². The molecule has 2 aromatic heterocycles. The predicted octanol–water partition coefficient (Wildman–Crippen LogP) is 4.90. The molecule has 1 N–H and O–H groups in total. The van der Waals surface area contributed by atoms with Crippen LogP contribution in [0.2, 0.25) is 0 Å². The first-order valence-corrected chi connectivity index (χ1v) is 13.2. The van der Waals surface area contributed by atoms with Crippen LogP contribution in [0.1, 0.15) is 25.6 Å². The number of benzene rings is 2. The zero-order valence-corrected chi connectivity index (χ0v) is 21.2. The van der Waals surface area contributed by atoms with E-state index in [2.05, 4.69) is 65.4 Å². The molecule has 0 spiro atoms. The number of fused-ring (bicyclic) bond motifs is 3. The number of thiazole rings is 1. The number of anilines is 1. The Bertz CT molecular complexity index is 1590. The van der Waals surface area contributed by atoms with Crippen LogP contribution in [0.25, 0.3) is 16.8 Å². The van der Waals surface area contributed by atoms with Gasteiger partial charge in [0.05, 0.1) is 25.0 Å². The summed E-state index contributed by atoms with van der Waals surface area (Å²) in [5.41, 5.74) is 5.55. The van der Waals surface area contributed by atoms with Crippen molar-refractivity contribution in [2.45, 2.75) is 38.8 Å². The monoisotopic (exact) mass is 487 g/mol. The number of aromatic hydroxyl groups is 1. The van der Waals surface area contributed by atoms with Gasteiger partial charge in [-0.1, -0.05) is 53.9 Å². The summed E-state index contributed by atoms with van der Waals surface area (Å²) < 4.78 is 8.79. The third kappa shape index (κ3) is 3.93. The van der Waals surface area contributed by atoms with Crippen LogP contribution in [0.3, 0.4) is 0 Å². The number of hydrogen-bond acceptors (Lipinski definition) is 4. The number of aryl methyl sites for hydroxylation is 1. The minimum absolute atomic E-state index is 0.229. The van der Waals surface area contributed by atoms with Crippen molar-refractivity contribution in [1.82, 2.24) is 13.8 Å². The zero-order chi connectivity index (χ0) is 23.7. The Morgan fingerprint density at radius 3 is 2.59 bits per heavy atom. The van der Waals surface area contributed by atoms with Gasteiger partial charge in [0.25, 0.3) is 5.88 Å². The Labute approximate surface area is 207 Å². The molecule has 0 saturated heterocycles. The van der Waals surface area contributed by atoms with Gasteiger partial charge >= 0.3 is 10.3 Å². The summed E-state index contributed by atoms with van der Waals surface area (Å²) >= 11 is 3.21. The molecule has 0 unspecified atom stereocenters. The zero-order valence-electron chi connectivity index (χ0n) is 19.5. The molecule has 0 fully saturated rings. The summed E-state index contributed by atoms with van der Waals surface area (Å²) in [7, 11) is 0. The van der Waals surface area contributed by atoms with Gasteiger partial charge in [0.15, 0.2) is 0 Å². The summed E-state index contributed by atoms with van der Waals surface area (Å²) in [4.78, 5) is 5.07. The number of pyridine rings is 1. The second-order valence-electron chi connectivity index (χ2n) is 7.85. The summed E-state index contributed by atoms with van der Waals surface area (Å²) in [6, 6.07) is 18.8. The molecule has 0 amide bonds. The molecule has 3 heterocycles. The van der Waals surface area contributed by atoms with Crippen LogP contribution < -0.4 is 19.9 Å². The Morgan fingerprint density at radius 1 is 0.971 bits per heavy atom. The Kier molecular flexibility index (Phi) is 6.27. The molecule has 4 aromatic rings. The molecule has 5 nitrogen and oxygen atoms in total. The van der Waals surface area contributed by atoms with E-state index in [0.29, 0.717) is 6.54 Å². The quantitative estimate of drug-likeness (QED) is 0.329. The fourth-order valence-electron chi connectivity index (χ4n) is 4.18. The highest BCUT2D eigenvalue weighted by Crippen LogP contribution is 2.48. The van der Waals surface area contributed by atoms with Crippen LogP contribution in [-0.4, -0.2) is 20.8 Å². The fraction of sp³-hybridized carbons (Fsp3) is 0.222. The third-order valence-electron chi connectivity index (χ3n) is 5.93. The molecule has 0 bridgehead atoms. The van der Waals surface area contributed by atoms with Gasteiger partial charge in [0.1, 0.15) is 9.91 Å². The molecule has 1 aliphatic heterocycles. The van der Waals surface area contributed by atoms with E-state index in [0.717, 1.165) is 33.3 Å². The van der Waals surface area contributed by atoms with Crippen molar-refractivity contribution in [2.24, 2.45) is 0 Å². The summed E-state index contributed by atoms with van der Waals surface area (Å²) in [5.74, 6) is 0.229. The minimum atomic E-state index is 0.229. The van der Waals surface area contributed by atoms with Gasteiger partial charge in [-0.15, -0.1) is 0 Å². The highest BCUT2D eigenvalue weighted by molar-refractivity contribution is 8.04. The van der Waals surface area contributed by atoms with Crippen molar-refractivity contribution in [1.29, 1.82) is 0 Å². The number of hydrogen-bond donors (Lipinski definition) is 1. The van der Waals surface area contributed by atoms with Gasteiger partial charge in [-0.25, -0.2) is 9.24 Å². The number of nitrogens with zero attached hydrogens (tertiary/aromatic N) is 4.